The zero-order chi connectivity index (χ0) is 19.9. The molecule has 0 aromatic heterocycles. The second-order valence-electron chi connectivity index (χ2n) is 5.34. The van der Waals surface area contributed by atoms with E-state index in [4.69, 9.17) is 10.00 Å². The van der Waals surface area contributed by atoms with Gasteiger partial charge in [0.25, 0.3) is 15.9 Å². The highest BCUT2D eigenvalue weighted by molar-refractivity contribution is 7.89. The molecule has 0 heterocycles. The summed E-state index contributed by atoms with van der Waals surface area (Å²) < 4.78 is 30.0. The number of benzene rings is 1. The lowest BCUT2D eigenvalue weighted by molar-refractivity contribution is -0.138. The van der Waals surface area contributed by atoms with Crippen molar-refractivity contribution >= 4 is 21.9 Å². The zero-order valence-corrected chi connectivity index (χ0v) is 15.8. The predicted molar refractivity (Wildman–Crippen MR) is 91.1 cm³/mol. The number of carbonyl (C=O) groups is 2. The molecule has 26 heavy (non-hydrogen) atoms. The average molecular weight is 383 g/mol. The monoisotopic (exact) mass is 383 g/mol. The fraction of sp³-hybridized carbons (Fsp3) is 0.438. The average Bonchev–Trinajstić information content (AvgIpc) is 2.64. The van der Waals surface area contributed by atoms with E-state index in [0.29, 0.717) is 4.47 Å². The van der Waals surface area contributed by atoms with E-state index in [-0.39, 0.29) is 23.4 Å². The molecule has 9 nitrogen and oxygen atoms in total. The largest absolute Gasteiger partial charge is 0.449 e. The normalized spacial score (nSPS) is 12.3. The first-order valence-corrected chi connectivity index (χ1v) is 9.05. The Morgan fingerprint density at radius 1 is 1.23 bits per heavy atom. The van der Waals surface area contributed by atoms with Crippen LogP contribution in [-0.2, 0) is 24.4 Å². The number of carbonyl (C=O) groups excluding carboxylic acids is 2. The zero-order valence-electron chi connectivity index (χ0n) is 15.0. The third kappa shape index (κ3) is 5.26. The van der Waals surface area contributed by atoms with Gasteiger partial charge in [0.1, 0.15) is 0 Å². The molecule has 0 spiro atoms. The van der Waals surface area contributed by atoms with E-state index in [1.165, 1.54) is 57.3 Å². The van der Waals surface area contributed by atoms with E-state index in [9.17, 15) is 18.0 Å². The van der Waals surface area contributed by atoms with Crippen LogP contribution in [0.3, 0.4) is 0 Å². The van der Waals surface area contributed by atoms with Gasteiger partial charge < -0.3 is 9.64 Å². The topological polar surface area (TPSA) is 117 Å². The molecule has 1 aromatic carbocycles. The smallest absolute Gasteiger partial charge is 0.338 e. The van der Waals surface area contributed by atoms with Crippen LogP contribution in [0.4, 0.5) is 0 Å². The number of nitrogens with zero attached hydrogens (tertiary/aromatic N) is 3. The molecule has 1 aromatic rings. The number of rotatable bonds is 8. The summed E-state index contributed by atoms with van der Waals surface area (Å²) in [4.78, 5) is 30.1. The Balaban J connectivity index is 2.80. The van der Waals surface area contributed by atoms with Crippen molar-refractivity contribution in [1.82, 2.24) is 9.37 Å². The molecule has 0 aliphatic heterocycles. The quantitative estimate of drug-likeness (QED) is 0.481. The molecule has 0 bridgehead atoms. The molecular weight excluding hydrogens is 362 g/mol. The van der Waals surface area contributed by atoms with Crippen LogP contribution in [0.2, 0.25) is 0 Å². The Labute approximate surface area is 152 Å². The maximum Gasteiger partial charge on any atom is 0.338 e. The molecule has 0 saturated heterocycles. The number of hydrogen-bond donors (Lipinski definition) is 0. The van der Waals surface area contributed by atoms with E-state index in [0.717, 1.165) is 0 Å². The Bertz CT molecular complexity index is 785. The van der Waals surface area contributed by atoms with Crippen LogP contribution in [-0.4, -0.2) is 63.5 Å². The molecule has 1 rings (SSSR count). The highest BCUT2D eigenvalue weighted by Gasteiger charge is 2.24. The summed E-state index contributed by atoms with van der Waals surface area (Å²) in [5.74, 6) is -1.20. The number of hydrogen-bond acceptors (Lipinski definition) is 7. The van der Waals surface area contributed by atoms with Crippen LogP contribution < -0.4 is 0 Å². The maximum absolute atomic E-state index is 12.1. The predicted octanol–water partition coefficient (Wildman–Crippen LogP) is 0.786. The molecule has 0 saturated carbocycles. The number of likely N-dealkylation sites (N-methyl/N-ethyl adjacent to an activating group) is 1. The minimum absolute atomic E-state index is 0.0567. The van der Waals surface area contributed by atoms with Crippen LogP contribution in [0, 0.1) is 11.3 Å². The summed E-state index contributed by atoms with van der Waals surface area (Å²) in [6, 6.07) is 6.99. The lowest BCUT2D eigenvalue weighted by Gasteiger charge is -2.20. The summed E-state index contributed by atoms with van der Waals surface area (Å²) in [6.07, 6.45) is -0.858. The Kier molecular flexibility index (Phi) is 7.70. The first-order chi connectivity index (χ1) is 12.1. The highest BCUT2D eigenvalue weighted by Crippen LogP contribution is 2.16. The number of sulfonamides is 1. The van der Waals surface area contributed by atoms with Crippen molar-refractivity contribution in [1.29, 1.82) is 5.26 Å². The number of ether oxygens (including phenoxy) is 1. The van der Waals surface area contributed by atoms with Crippen molar-refractivity contribution in [3.05, 3.63) is 29.8 Å². The van der Waals surface area contributed by atoms with Crippen LogP contribution >= 0.6 is 0 Å². The van der Waals surface area contributed by atoms with Gasteiger partial charge in [-0.2, -0.15) is 5.26 Å². The van der Waals surface area contributed by atoms with E-state index in [1.807, 2.05) is 6.07 Å². The minimum Gasteiger partial charge on any atom is -0.449 e. The third-order valence-corrected chi connectivity index (χ3v) is 5.24. The number of amides is 1. The fourth-order valence-electron chi connectivity index (χ4n) is 1.93. The van der Waals surface area contributed by atoms with Crippen LogP contribution in [0.15, 0.2) is 29.2 Å². The van der Waals surface area contributed by atoms with Crippen molar-refractivity contribution < 1.29 is 27.6 Å². The highest BCUT2D eigenvalue weighted by atomic mass is 32.2. The van der Waals surface area contributed by atoms with E-state index >= 15 is 0 Å². The molecule has 0 fully saturated rings. The van der Waals surface area contributed by atoms with Gasteiger partial charge in [-0.25, -0.2) is 13.2 Å². The third-order valence-electron chi connectivity index (χ3n) is 3.55. The Hall–Kier alpha value is -2.48. The minimum atomic E-state index is -3.82. The molecule has 142 valence electrons. The van der Waals surface area contributed by atoms with Crippen molar-refractivity contribution in [2.75, 3.05) is 27.7 Å². The molecule has 10 heteroatoms. The van der Waals surface area contributed by atoms with Gasteiger partial charge in [-0.05, 0) is 31.2 Å². The van der Waals surface area contributed by atoms with Crippen LogP contribution in [0.25, 0.3) is 0 Å². The van der Waals surface area contributed by atoms with Crippen molar-refractivity contribution in [3.8, 4) is 6.07 Å². The molecule has 0 aliphatic carbocycles. The van der Waals surface area contributed by atoms with E-state index in [1.54, 1.807) is 0 Å². The second-order valence-corrected chi connectivity index (χ2v) is 7.27. The van der Waals surface area contributed by atoms with Crippen LogP contribution in [0.5, 0.6) is 0 Å². The molecule has 0 radical (unpaired) electrons. The van der Waals surface area contributed by atoms with Crippen molar-refractivity contribution in [2.45, 2.75) is 24.3 Å². The molecule has 0 N–H and O–H groups in total. The molecule has 0 unspecified atom stereocenters. The van der Waals surface area contributed by atoms with Gasteiger partial charge in [0.2, 0.25) is 0 Å². The molecule has 0 aliphatic rings. The molecule has 1 amide bonds. The van der Waals surface area contributed by atoms with E-state index < -0.39 is 28.0 Å². The first-order valence-electron chi connectivity index (χ1n) is 7.61. The maximum atomic E-state index is 12.1. The number of nitriles is 1. The lowest BCUT2D eigenvalue weighted by atomic mass is 10.2. The van der Waals surface area contributed by atoms with Crippen molar-refractivity contribution in [3.63, 3.8) is 0 Å². The lowest BCUT2D eigenvalue weighted by Crippen LogP contribution is -2.37. The van der Waals surface area contributed by atoms with Gasteiger partial charge in [0.05, 0.1) is 30.1 Å². The SMILES string of the molecule is CON(C)S(=O)(=O)c1ccc(C(=O)O[C@@H](C)C(=O)N(C)CCC#N)cc1. The molecular formula is C16H21N3O6S. The van der Waals surface area contributed by atoms with Gasteiger partial charge in [0.15, 0.2) is 6.10 Å². The standard InChI is InChI=1S/C16H21N3O6S/c1-12(15(20)18(2)11-5-10-17)25-16(21)13-6-8-14(9-7-13)26(22,23)19(3)24-4/h6-9,12H,5,11H2,1-4H3/t12-/m0/s1. The Morgan fingerprint density at radius 3 is 2.31 bits per heavy atom. The second kappa shape index (κ2) is 9.28. The fourth-order valence-corrected chi connectivity index (χ4v) is 2.90. The molecule has 1 atom stereocenters. The summed E-state index contributed by atoms with van der Waals surface area (Å²) in [5.41, 5.74) is 0.100. The summed E-state index contributed by atoms with van der Waals surface area (Å²) in [7, 11) is 0.155. The summed E-state index contributed by atoms with van der Waals surface area (Å²) in [5, 5.41) is 8.53. The van der Waals surface area contributed by atoms with Gasteiger partial charge in [0, 0.05) is 20.6 Å². The number of hydroxylamine groups is 1. The summed E-state index contributed by atoms with van der Waals surface area (Å²) in [6.45, 7) is 1.66. The van der Waals surface area contributed by atoms with E-state index in [2.05, 4.69) is 4.84 Å². The van der Waals surface area contributed by atoms with Gasteiger partial charge in [-0.3, -0.25) is 9.63 Å². The number of esters is 1. The van der Waals surface area contributed by atoms with Gasteiger partial charge in [-0.1, -0.05) is 4.47 Å². The summed E-state index contributed by atoms with van der Waals surface area (Å²) >= 11 is 0. The van der Waals surface area contributed by atoms with Gasteiger partial charge in [-0.15, -0.1) is 0 Å². The Morgan fingerprint density at radius 2 is 1.81 bits per heavy atom. The van der Waals surface area contributed by atoms with Crippen molar-refractivity contribution in [2.24, 2.45) is 0 Å². The first kappa shape index (κ1) is 21.6. The van der Waals surface area contributed by atoms with Crippen LogP contribution in [0.1, 0.15) is 23.7 Å². The van der Waals surface area contributed by atoms with Gasteiger partial charge >= 0.3 is 5.97 Å².